The second kappa shape index (κ2) is 6.81. The van der Waals surface area contributed by atoms with Gasteiger partial charge in [0, 0.05) is 27.4 Å². The minimum absolute atomic E-state index is 0.829. The van der Waals surface area contributed by atoms with Crippen LogP contribution in [0, 0.1) is 17.4 Å². The average molecular weight is 400 g/mol. The van der Waals surface area contributed by atoms with E-state index in [0.717, 1.165) is 23.7 Å². The largest absolute Gasteiger partial charge is 0.367 e. The van der Waals surface area contributed by atoms with Crippen molar-refractivity contribution in [3.8, 4) is 0 Å². The van der Waals surface area contributed by atoms with Crippen molar-refractivity contribution in [3.63, 3.8) is 0 Å². The minimum Gasteiger partial charge on any atom is -0.367 e. The van der Waals surface area contributed by atoms with Crippen LogP contribution in [0.3, 0.4) is 0 Å². The lowest BCUT2D eigenvalue weighted by Gasteiger charge is -2.25. The van der Waals surface area contributed by atoms with E-state index < -0.39 is 0 Å². The predicted molar refractivity (Wildman–Crippen MR) is 96.8 cm³/mol. The molecule has 0 atom stereocenters. The zero-order valence-electron chi connectivity index (χ0n) is 12.1. The summed E-state index contributed by atoms with van der Waals surface area (Å²) in [5.41, 5.74) is 5.11. The summed E-state index contributed by atoms with van der Waals surface area (Å²) in [7, 11) is 0. The SMILES string of the molecule is CCN(Cc1cccc(I)c1C)c1ccc(Cl)c(C)c1. The third-order valence-electron chi connectivity index (χ3n) is 3.63. The molecule has 0 saturated carbocycles. The lowest BCUT2D eigenvalue weighted by molar-refractivity contribution is 0.826. The molecule has 0 spiro atoms. The van der Waals surface area contributed by atoms with Gasteiger partial charge in [-0.1, -0.05) is 23.7 Å². The van der Waals surface area contributed by atoms with Gasteiger partial charge in [0.15, 0.2) is 0 Å². The Morgan fingerprint density at radius 2 is 1.90 bits per heavy atom. The molecule has 2 aromatic carbocycles. The molecule has 2 aromatic rings. The molecule has 0 unspecified atom stereocenters. The molecule has 0 saturated heterocycles. The smallest absolute Gasteiger partial charge is 0.0436 e. The maximum Gasteiger partial charge on any atom is 0.0436 e. The molecule has 0 aliphatic carbocycles. The van der Waals surface area contributed by atoms with Gasteiger partial charge in [0.2, 0.25) is 0 Å². The summed E-state index contributed by atoms with van der Waals surface area (Å²) < 4.78 is 1.32. The normalized spacial score (nSPS) is 10.7. The number of hydrogen-bond acceptors (Lipinski definition) is 1. The van der Waals surface area contributed by atoms with Gasteiger partial charge in [-0.2, -0.15) is 0 Å². The van der Waals surface area contributed by atoms with Gasteiger partial charge in [0.05, 0.1) is 0 Å². The summed E-state index contributed by atoms with van der Waals surface area (Å²) in [6.07, 6.45) is 0. The van der Waals surface area contributed by atoms with Crippen molar-refractivity contribution in [3.05, 3.63) is 61.7 Å². The van der Waals surface area contributed by atoms with E-state index in [1.165, 1.54) is 20.4 Å². The van der Waals surface area contributed by atoms with E-state index in [4.69, 9.17) is 11.6 Å². The number of anilines is 1. The van der Waals surface area contributed by atoms with E-state index >= 15 is 0 Å². The summed E-state index contributed by atoms with van der Waals surface area (Å²) in [5, 5.41) is 0.829. The van der Waals surface area contributed by atoms with Gasteiger partial charge < -0.3 is 4.90 Å². The molecule has 3 heteroatoms. The van der Waals surface area contributed by atoms with Crippen molar-refractivity contribution in [1.29, 1.82) is 0 Å². The molecule has 20 heavy (non-hydrogen) atoms. The highest BCUT2D eigenvalue weighted by Crippen LogP contribution is 2.25. The van der Waals surface area contributed by atoms with Crippen molar-refractivity contribution in [1.82, 2.24) is 0 Å². The lowest BCUT2D eigenvalue weighted by Crippen LogP contribution is -2.22. The molecule has 0 amide bonds. The number of nitrogens with zero attached hydrogens (tertiary/aromatic N) is 1. The minimum atomic E-state index is 0.829. The molecule has 106 valence electrons. The molecule has 0 aliphatic heterocycles. The fourth-order valence-corrected chi connectivity index (χ4v) is 2.91. The molecule has 0 bridgehead atoms. The van der Waals surface area contributed by atoms with Crippen LogP contribution in [-0.2, 0) is 6.54 Å². The van der Waals surface area contributed by atoms with E-state index in [1.54, 1.807) is 0 Å². The molecule has 1 nitrogen and oxygen atoms in total. The van der Waals surface area contributed by atoms with Crippen molar-refractivity contribution >= 4 is 39.9 Å². The van der Waals surface area contributed by atoms with Crippen LogP contribution in [0.4, 0.5) is 5.69 Å². The van der Waals surface area contributed by atoms with E-state index in [1.807, 2.05) is 6.07 Å². The second-order valence-electron chi connectivity index (χ2n) is 4.97. The van der Waals surface area contributed by atoms with Gasteiger partial charge in [-0.15, -0.1) is 0 Å². The maximum absolute atomic E-state index is 6.12. The Kier molecular flexibility index (Phi) is 5.33. The first kappa shape index (κ1) is 15.6. The lowest BCUT2D eigenvalue weighted by atomic mass is 10.1. The van der Waals surface area contributed by atoms with Crippen LogP contribution in [0.15, 0.2) is 36.4 Å². The molecule has 0 radical (unpaired) electrons. The van der Waals surface area contributed by atoms with Crippen molar-refractivity contribution in [2.24, 2.45) is 0 Å². The Bertz CT molecular complexity index is 610. The zero-order chi connectivity index (χ0) is 14.7. The number of halogens is 2. The Morgan fingerprint density at radius 1 is 1.15 bits per heavy atom. The van der Waals surface area contributed by atoms with Crippen molar-refractivity contribution in [2.45, 2.75) is 27.3 Å². The quantitative estimate of drug-likeness (QED) is 0.606. The average Bonchev–Trinajstić information content (AvgIpc) is 2.44. The number of benzene rings is 2. The van der Waals surface area contributed by atoms with E-state index in [9.17, 15) is 0 Å². The number of rotatable bonds is 4. The summed E-state index contributed by atoms with van der Waals surface area (Å²) in [5.74, 6) is 0. The van der Waals surface area contributed by atoms with Crippen LogP contribution in [0.5, 0.6) is 0 Å². The van der Waals surface area contributed by atoms with Crippen LogP contribution in [0.25, 0.3) is 0 Å². The van der Waals surface area contributed by atoms with Crippen molar-refractivity contribution < 1.29 is 0 Å². The highest BCUT2D eigenvalue weighted by Gasteiger charge is 2.09. The molecule has 0 heterocycles. The number of aryl methyl sites for hydroxylation is 1. The van der Waals surface area contributed by atoms with Gasteiger partial charge in [0.1, 0.15) is 0 Å². The van der Waals surface area contributed by atoms with Gasteiger partial charge in [0.25, 0.3) is 0 Å². The molecule has 0 N–H and O–H groups in total. The topological polar surface area (TPSA) is 3.24 Å². The third kappa shape index (κ3) is 3.47. The Labute approximate surface area is 140 Å². The van der Waals surface area contributed by atoms with Gasteiger partial charge in [-0.3, -0.25) is 0 Å². The predicted octanol–water partition coefficient (Wildman–Crippen LogP) is 5.59. The first-order valence-corrected chi connectivity index (χ1v) is 8.23. The summed E-state index contributed by atoms with van der Waals surface area (Å²) in [4.78, 5) is 2.38. The first-order chi connectivity index (χ1) is 9.52. The Balaban J connectivity index is 2.28. The van der Waals surface area contributed by atoms with E-state index in [-0.39, 0.29) is 0 Å². The molecule has 0 aliphatic rings. The second-order valence-corrected chi connectivity index (χ2v) is 6.54. The standard InChI is InChI=1S/C17H19ClIN/c1-4-20(15-8-9-16(18)12(2)10-15)11-14-6-5-7-17(19)13(14)3/h5-10H,4,11H2,1-3H3. The van der Waals surface area contributed by atoms with Gasteiger partial charge in [-0.05, 0) is 84.3 Å². The molecule has 0 fully saturated rings. The molecular formula is C17H19ClIN. The van der Waals surface area contributed by atoms with Gasteiger partial charge >= 0.3 is 0 Å². The zero-order valence-corrected chi connectivity index (χ0v) is 15.0. The highest BCUT2D eigenvalue weighted by atomic mass is 127. The summed E-state index contributed by atoms with van der Waals surface area (Å²) >= 11 is 8.51. The Hall–Kier alpha value is -0.740. The summed E-state index contributed by atoms with van der Waals surface area (Å²) in [6.45, 7) is 8.34. The van der Waals surface area contributed by atoms with Crippen LogP contribution in [-0.4, -0.2) is 6.54 Å². The van der Waals surface area contributed by atoms with Crippen LogP contribution >= 0.6 is 34.2 Å². The van der Waals surface area contributed by atoms with Crippen molar-refractivity contribution in [2.75, 3.05) is 11.4 Å². The van der Waals surface area contributed by atoms with E-state index in [2.05, 4.69) is 78.6 Å². The van der Waals surface area contributed by atoms with Crippen LogP contribution in [0.2, 0.25) is 5.02 Å². The van der Waals surface area contributed by atoms with E-state index in [0.29, 0.717) is 0 Å². The number of hydrogen-bond donors (Lipinski definition) is 0. The summed E-state index contributed by atoms with van der Waals surface area (Å²) in [6, 6.07) is 12.7. The maximum atomic E-state index is 6.12. The van der Waals surface area contributed by atoms with Gasteiger partial charge in [-0.25, -0.2) is 0 Å². The fraction of sp³-hybridized carbons (Fsp3) is 0.294. The molecule has 2 rings (SSSR count). The third-order valence-corrected chi connectivity index (χ3v) is 5.22. The van der Waals surface area contributed by atoms with Crippen LogP contribution in [0.1, 0.15) is 23.6 Å². The Morgan fingerprint density at radius 3 is 2.55 bits per heavy atom. The monoisotopic (exact) mass is 399 g/mol. The first-order valence-electron chi connectivity index (χ1n) is 6.78. The molecule has 0 aromatic heterocycles. The highest BCUT2D eigenvalue weighted by molar-refractivity contribution is 14.1. The fourth-order valence-electron chi connectivity index (χ4n) is 2.24. The van der Waals surface area contributed by atoms with Crippen LogP contribution < -0.4 is 4.90 Å². The molecular weight excluding hydrogens is 381 g/mol.